The minimum Gasteiger partial charge on any atom is -0.312 e. The fourth-order valence-corrected chi connectivity index (χ4v) is 2.32. The Bertz CT molecular complexity index is 466. The van der Waals surface area contributed by atoms with E-state index in [1.54, 1.807) is 6.07 Å². The Morgan fingerprint density at radius 2 is 1.80 bits per heavy atom. The van der Waals surface area contributed by atoms with Gasteiger partial charge >= 0.3 is 0 Å². The van der Waals surface area contributed by atoms with Crippen molar-refractivity contribution in [3.8, 4) is 0 Å². The average molecular weight is 365 g/mol. The van der Waals surface area contributed by atoms with Gasteiger partial charge in [-0.1, -0.05) is 25.4 Å². The molecule has 1 aromatic rings. The van der Waals surface area contributed by atoms with Crippen LogP contribution in [0.1, 0.15) is 46.6 Å². The molecule has 0 fully saturated rings. The Morgan fingerprint density at radius 1 is 1.20 bits per heavy atom. The van der Waals surface area contributed by atoms with Crippen LogP contribution in [0.15, 0.2) is 16.6 Å². The third kappa shape index (κ3) is 6.11. The van der Waals surface area contributed by atoms with E-state index in [-0.39, 0.29) is 16.8 Å². The third-order valence-corrected chi connectivity index (χ3v) is 4.45. The van der Waals surface area contributed by atoms with Crippen LogP contribution in [0.4, 0.5) is 4.39 Å². The minimum absolute atomic E-state index is 0.101. The maximum Gasteiger partial charge on any atom is 0.127 e. The molecule has 4 heteroatoms. The van der Waals surface area contributed by atoms with Crippen LogP contribution < -0.4 is 5.32 Å². The Morgan fingerprint density at radius 3 is 2.35 bits per heavy atom. The van der Waals surface area contributed by atoms with Crippen molar-refractivity contribution in [1.29, 1.82) is 0 Å². The van der Waals surface area contributed by atoms with E-state index in [2.05, 4.69) is 55.9 Å². The average Bonchev–Trinajstić information content (AvgIpc) is 2.29. The second-order valence-corrected chi connectivity index (χ2v) is 8.39. The van der Waals surface area contributed by atoms with E-state index in [4.69, 9.17) is 11.6 Å². The quantitative estimate of drug-likeness (QED) is 0.672. The van der Waals surface area contributed by atoms with Gasteiger partial charge in [-0.05, 0) is 72.7 Å². The van der Waals surface area contributed by atoms with Gasteiger partial charge in [-0.3, -0.25) is 0 Å². The summed E-state index contributed by atoms with van der Waals surface area (Å²) in [7, 11) is 0. The van der Waals surface area contributed by atoms with Gasteiger partial charge in [0.05, 0.1) is 5.02 Å². The van der Waals surface area contributed by atoms with Crippen LogP contribution in [-0.4, -0.2) is 12.1 Å². The Balaban J connectivity index is 2.64. The fourth-order valence-electron chi connectivity index (χ4n) is 1.82. The van der Waals surface area contributed by atoms with Crippen LogP contribution in [0.3, 0.4) is 0 Å². The third-order valence-electron chi connectivity index (χ3n) is 3.26. The maximum atomic E-state index is 13.9. The first-order valence-corrected chi connectivity index (χ1v) is 8.06. The molecule has 0 atom stereocenters. The van der Waals surface area contributed by atoms with Crippen molar-refractivity contribution in [1.82, 2.24) is 5.32 Å². The zero-order chi connectivity index (χ0) is 15.6. The molecule has 0 aromatic heterocycles. The standard InChI is InChI=1S/C16H24BrClFN/c1-15(2,3)20-10-16(4,5)7-6-11-8-13(18)12(17)9-14(11)19/h8-9,20H,6-7,10H2,1-5H3. The van der Waals surface area contributed by atoms with Gasteiger partial charge in [0.15, 0.2) is 0 Å². The highest BCUT2D eigenvalue weighted by Gasteiger charge is 2.21. The smallest absolute Gasteiger partial charge is 0.127 e. The van der Waals surface area contributed by atoms with Gasteiger partial charge < -0.3 is 5.32 Å². The molecule has 0 aliphatic rings. The molecule has 114 valence electrons. The Labute approximate surface area is 135 Å². The van der Waals surface area contributed by atoms with Gasteiger partial charge in [0, 0.05) is 16.6 Å². The Kier molecular flexibility index (Phi) is 6.06. The minimum atomic E-state index is -0.194. The number of hydrogen-bond donors (Lipinski definition) is 1. The van der Waals surface area contributed by atoms with Crippen LogP contribution in [0.5, 0.6) is 0 Å². The molecule has 0 unspecified atom stereocenters. The van der Waals surface area contributed by atoms with E-state index in [0.717, 1.165) is 13.0 Å². The first-order valence-electron chi connectivity index (χ1n) is 6.89. The molecule has 0 aliphatic carbocycles. The SMILES string of the molecule is CC(C)(CCc1cc(Cl)c(Br)cc1F)CNC(C)(C)C. The molecule has 0 amide bonds. The number of hydrogen-bond acceptors (Lipinski definition) is 1. The van der Waals surface area contributed by atoms with Crippen molar-refractivity contribution < 1.29 is 4.39 Å². The lowest BCUT2D eigenvalue weighted by Gasteiger charge is -2.30. The zero-order valence-corrected chi connectivity index (χ0v) is 15.3. The molecule has 0 saturated carbocycles. The van der Waals surface area contributed by atoms with Crippen molar-refractivity contribution in [3.05, 3.63) is 33.0 Å². The molecule has 0 spiro atoms. The number of benzene rings is 1. The lowest BCUT2D eigenvalue weighted by atomic mass is 9.85. The zero-order valence-electron chi connectivity index (χ0n) is 12.9. The lowest BCUT2D eigenvalue weighted by molar-refractivity contribution is 0.272. The van der Waals surface area contributed by atoms with Crippen LogP contribution in [0.2, 0.25) is 5.02 Å². The van der Waals surface area contributed by atoms with Gasteiger partial charge in [0.2, 0.25) is 0 Å². The summed E-state index contributed by atoms with van der Waals surface area (Å²) in [5.41, 5.74) is 0.893. The van der Waals surface area contributed by atoms with Crippen LogP contribution >= 0.6 is 27.5 Å². The monoisotopic (exact) mass is 363 g/mol. The van der Waals surface area contributed by atoms with E-state index >= 15 is 0 Å². The van der Waals surface area contributed by atoms with Gasteiger partial charge in [-0.25, -0.2) is 4.39 Å². The molecule has 1 nitrogen and oxygen atoms in total. The molecule has 1 aromatic carbocycles. The second kappa shape index (κ2) is 6.76. The number of aryl methyl sites for hydroxylation is 1. The number of rotatable bonds is 5. The topological polar surface area (TPSA) is 12.0 Å². The summed E-state index contributed by atoms with van der Waals surface area (Å²) in [5.74, 6) is -0.194. The van der Waals surface area contributed by atoms with E-state index < -0.39 is 0 Å². The predicted molar refractivity (Wildman–Crippen MR) is 89.0 cm³/mol. The van der Waals surface area contributed by atoms with Crippen molar-refractivity contribution in [2.45, 2.75) is 53.0 Å². The first-order chi connectivity index (χ1) is 9.00. The van der Waals surface area contributed by atoms with E-state index in [1.807, 2.05) is 0 Å². The van der Waals surface area contributed by atoms with E-state index in [1.165, 1.54) is 6.07 Å². The molecule has 0 aliphatic heterocycles. The Hall–Kier alpha value is -0.120. The van der Waals surface area contributed by atoms with E-state index in [9.17, 15) is 4.39 Å². The van der Waals surface area contributed by atoms with Crippen LogP contribution in [0, 0.1) is 11.2 Å². The number of halogens is 3. The summed E-state index contributed by atoms with van der Waals surface area (Å²) in [6.45, 7) is 11.8. The van der Waals surface area contributed by atoms with Crippen LogP contribution in [0.25, 0.3) is 0 Å². The predicted octanol–water partition coefficient (Wildman–Crippen LogP) is 5.59. The van der Waals surface area contributed by atoms with Crippen molar-refractivity contribution in [3.63, 3.8) is 0 Å². The highest BCUT2D eigenvalue weighted by Crippen LogP contribution is 2.29. The molecule has 1 rings (SSSR count). The summed E-state index contributed by atoms with van der Waals surface area (Å²) in [4.78, 5) is 0. The molecule has 0 radical (unpaired) electrons. The molecular weight excluding hydrogens is 341 g/mol. The first kappa shape index (κ1) is 17.9. The molecule has 20 heavy (non-hydrogen) atoms. The van der Waals surface area contributed by atoms with Gasteiger partial charge in [-0.15, -0.1) is 0 Å². The summed E-state index contributed by atoms with van der Waals surface area (Å²) < 4.78 is 14.5. The molecular formula is C16H24BrClFN. The lowest BCUT2D eigenvalue weighted by Crippen LogP contribution is -2.42. The van der Waals surface area contributed by atoms with Gasteiger partial charge in [0.1, 0.15) is 5.82 Å². The summed E-state index contributed by atoms with van der Waals surface area (Å²) in [5, 5.41) is 4.07. The number of nitrogens with one attached hydrogen (secondary N) is 1. The van der Waals surface area contributed by atoms with Crippen molar-refractivity contribution in [2.75, 3.05) is 6.54 Å². The summed E-state index contributed by atoms with van der Waals surface area (Å²) in [6, 6.07) is 3.16. The largest absolute Gasteiger partial charge is 0.312 e. The molecule has 1 N–H and O–H groups in total. The maximum absolute atomic E-state index is 13.9. The van der Waals surface area contributed by atoms with Crippen molar-refractivity contribution >= 4 is 27.5 Å². The molecule has 0 saturated heterocycles. The second-order valence-electron chi connectivity index (χ2n) is 7.13. The van der Waals surface area contributed by atoms with E-state index in [0.29, 0.717) is 21.5 Å². The van der Waals surface area contributed by atoms with Crippen molar-refractivity contribution in [2.24, 2.45) is 5.41 Å². The summed E-state index contributed by atoms with van der Waals surface area (Å²) >= 11 is 9.27. The highest BCUT2D eigenvalue weighted by molar-refractivity contribution is 9.10. The normalized spacial score (nSPS) is 12.8. The summed E-state index contributed by atoms with van der Waals surface area (Å²) in [6.07, 6.45) is 1.60. The van der Waals surface area contributed by atoms with Crippen LogP contribution in [-0.2, 0) is 6.42 Å². The molecule has 0 heterocycles. The van der Waals surface area contributed by atoms with Gasteiger partial charge in [0.25, 0.3) is 0 Å². The van der Waals surface area contributed by atoms with Gasteiger partial charge in [-0.2, -0.15) is 0 Å². The fraction of sp³-hybridized carbons (Fsp3) is 0.625. The molecule has 0 bridgehead atoms. The highest BCUT2D eigenvalue weighted by atomic mass is 79.9.